The molecule has 1 atom stereocenters. The molecule has 1 N–H and O–H groups in total. The number of carboxylic acid groups (broad SMARTS) is 1. The molecule has 0 aliphatic heterocycles. The number of aliphatic carboxylic acids is 1. The first-order chi connectivity index (χ1) is 11.7. The number of hydrogen-bond donors (Lipinski definition) is 1. The lowest BCUT2D eigenvalue weighted by molar-refractivity contribution is -0.138. The molecule has 2 aromatic rings. The maximum Gasteiger partial charge on any atom is 0.303 e. The van der Waals surface area contributed by atoms with Crippen molar-refractivity contribution >= 4 is 27.5 Å². The number of rotatable bonds is 4. The molecule has 0 saturated heterocycles. The van der Waals surface area contributed by atoms with Gasteiger partial charge in [-0.15, -0.1) is 11.3 Å². The molecule has 1 unspecified atom stereocenters. The third-order valence-corrected chi connectivity index (χ3v) is 6.40. The van der Waals surface area contributed by atoms with Crippen LogP contribution < -0.4 is 4.74 Å². The van der Waals surface area contributed by atoms with Gasteiger partial charge in [0.05, 0.1) is 5.39 Å². The molecule has 2 aliphatic rings. The molecule has 1 fully saturated rings. The molecule has 1 saturated carbocycles. The second kappa shape index (κ2) is 6.67. The first-order valence-corrected chi connectivity index (χ1v) is 9.66. The maximum atomic E-state index is 11.1. The van der Waals surface area contributed by atoms with Crippen molar-refractivity contribution in [3.63, 3.8) is 0 Å². The average Bonchev–Trinajstić information content (AvgIpc) is 2.94. The van der Waals surface area contributed by atoms with Crippen LogP contribution in [0, 0.1) is 5.92 Å². The van der Waals surface area contributed by atoms with Crippen molar-refractivity contribution in [2.45, 2.75) is 63.9 Å². The van der Waals surface area contributed by atoms with Crippen LogP contribution in [-0.2, 0) is 17.6 Å². The van der Waals surface area contributed by atoms with Crippen molar-refractivity contribution in [3.05, 3.63) is 16.8 Å². The minimum absolute atomic E-state index is 0.204. The van der Waals surface area contributed by atoms with E-state index in [4.69, 9.17) is 9.84 Å². The van der Waals surface area contributed by atoms with Gasteiger partial charge in [0.15, 0.2) is 0 Å². The number of hydrogen-bond acceptors (Lipinski definition) is 5. The monoisotopic (exact) mass is 346 g/mol. The number of aryl methyl sites for hydroxylation is 1. The first-order valence-electron chi connectivity index (χ1n) is 8.84. The average molecular weight is 346 g/mol. The Labute approximate surface area is 145 Å². The maximum absolute atomic E-state index is 11.1. The highest BCUT2D eigenvalue weighted by atomic mass is 32.1. The molecule has 0 bridgehead atoms. The predicted molar refractivity (Wildman–Crippen MR) is 92.7 cm³/mol. The molecular formula is C18H22N2O3S. The van der Waals surface area contributed by atoms with Crippen LogP contribution in [0.4, 0.5) is 0 Å². The van der Waals surface area contributed by atoms with Crippen molar-refractivity contribution in [2.24, 2.45) is 5.92 Å². The van der Waals surface area contributed by atoms with E-state index in [1.54, 1.807) is 17.7 Å². The number of thiophene rings is 1. The normalized spacial score (nSPS) is 21.6. The van der Waals surface area contributed by atoms with Gasteiger partial charge in [0.2, 0.25) is 5.88 Å². The second-order valence-electron chi connectivity index (χ2n) is 6.95. The first kappa shape index (κ1) is 15.8. The van der Waals surface area contributed by atoms with Crippen LogP contribution in [0.5, 0.6) is 5.88 Å². The molecule has 5 nitrogen and oxygen atoms in total. The summed E-state index contributed by atoms with van der Waals surface area (Å²) >= 11 is 1.72. The van der Waals surface area contributed by atoms with Gasteiger partial charge in [-0.05, 0) is 56.4 Å². The quantitative estimate of drug-likeness (QED) is 0.906. The van der Waals surface area contributed by atoms with E-state index in [9.17, 15) is 4.79 Å². The zero-order chi connectivity index (χ0) is 16.5. The molecule has 2 aromatic heterocycles. The number of nitrogens with zero attached hydrogens (tertiary/aromatic N) is 2. The summed E-state index contributed by atoms with van der Waals surface area (Å²) in [5, 5.41) is 10.1. The highest BCUT2D eigenvalue weighted by Gasteiger charge is 2.28. The second-order valence-corrected chi connectivity index (χ2v) is 8.03. The van der Waals surface area contributed by atoms with Crippen LogP contribution in [0.15, 0.2) is 6.33 Å². The molecule has 2 aliphatic carbocycles. The standard InChI is InChI=1S/C18H22N2O3S/c21-15(22)9-11-6-7-14-13(8-11)16-17(19-10-20-18(16)24-14)23-12-4-2-1-3-5-12/h10-12H,1-9H2,(H,21,22). The summed E-state index contributed by atoms with van der Waals surface area (Å²) in [6.45, 7) is 0. The summed E-state index contributed by atoms with van der Waals surface area (Å²) in [5.74, 6) is 0.203. The fourth-order valence-corrected chi connectivity index (χ4v) is 5.18. The van der Waals surface area contributed by atoms with Crippen LogP contribution in [0.3, 0.4) is 0 Å². The van der Waals surface area contributed by atoms with E-state index in [2.05, 4.69) is 9.97 Å². The van der Waals surface area contributed by atoms with Gasteiger partial charge >= 0.3 is 5.97 Å². The highest BCUT2D eigenvalue weighted by molar-refractivity contribution is 7.18. The molecule has 0 amide bonds. The predicted octanol–water partition coefficient (Wildman–Crippen LogP) is 3.98. The van der Waals surface area contributed by atoms with Crippen LogP contribution in [0.2, 0.25) is 0 Å². The third-order valence-electron chi connectivity index (χ3n) is 5.20. The van der Waals surface area contributed by atoms with Crippen LogP contribution >= 0.6 is 11.3 Å². The lowest BCUT2D eigenvalue weighted by atomic mass is 9.85. The fourth-order valence-electron chi connectivity index (χ4n) is 4.00. The van der Waals surface area contributed by atoms with Gasteiger partial charge in [-0.2, -0.15) is 0 Å². The van der Waals surface area contributed by atoms with E-state index in [0.29, 0.717) is 5.88 Å². The van der Waals surface area contributed by atoms with Gasteiger partial charge in [0, 0.05) is 11.3 Å². The summed E-state index contributed by atoms with van der Waals surface area (Å²) in [4.78, 5) is 22.2. The molecule has 0 radical (unpaired) electrons. The minimum Gasteiger partial charge on any atom is -0.481 e. The van der Waals surface area contributed by atoms with Crippen molar-refractivity contribution < 1.29 is 14.6 Å². The molecule has 4 rings (SSSR count). The summed E-state index contributed by atoms with van der Waals surface area (Å²) in [6.07, 6.45) is 10.7. The van der Waals surface area contributed by atoms with E-state index in [1.807, 2.05) is 0 Å². The highest BCUT2D eigenvalue weighted by Crippen LogP contribution is 2.41. The summed E-state index contributed by atoms with van der Waals surface area (Å²) in [7, 11) is 0. The van der Waals surface area contributed by atoms with Crippen molar-refractivity contribution in [2.75, 3.05) is 0 Å². The Morgan fingerprint density at radius 3 is 2.88 bits per heavy atom. The molecule has 24 heavy (non-hydrogen) atoms. The summed E-state index contributed by atoms with van der Waals surface area (Å²) in [5.41, 5.74) is 1.24. The Morgan fingerprint density at radius 1 is 1.25 bits per heavy atom. The fraction of sp³-hybridized carbons (Fsp3) is 0.611. The largest absolute Gasteiger partial charge is 0.481 e. The van der Waals surface area contributed by atoms with E-state index >= 15 is 0 Å². The summed E-state index contributed by atoms with van der Waals surface area (Å²) < 4.78 is 6.25. The SMILES string of the molecule is O=C(O)CC1CCc2sc3ncnc(OC4CCCCC4)c3c2C1. The van der Waals surface area contributed by atoms with Crippen molar-refractivity contribution in [1.82, 2.24) is 9.97 Å². The summed E-state index contributed by atoms with van der Waals surface area (Å²) in [6, 6.07) is 0. The zero-order valence-electron chi connectivity index (χ0n) is 13.7. The lowest BCUT2D eigenvalue weighted by Crippen LogP contribution is -2.20. The Balaban J connectivity index is 1.66. The van der Waals surface area contributed by atoms with Crippen molar-refractivity contribution in [3.8, 4) is 5.88 Å². The molecular weight excluding hydrogens is 324 g/mol. The lowest BCUT2D eigenvalue weighted by Gasteiger charge is -2.24. The van der Waals surface area contributed by atoms with Crippen LogP contribution in [0.25, 0.3) is 10.2 Å². The van der Waals surface area contributed by atoms with E-state index in [1.165, 1.54) is 29.7 Å². The Morgan fingerprint density at radius 2 is 2.08 bits per heavy atom. The number of fused-ring (bicyclic) bond motifs is 3. The molecule has 0 aromatic carbocycles. The number of carbonyl (C=O) groups is 1. The van der Waals surface area contributed by atoms with Crippen LogP contribution in [-0.4, -0.2) is 27.1 Å². The van der Waals surface area contributed by atoms with E-state index < -0.39 is 5.97 Å². The van der Waals surface area contributed by atoms with Gasteiger partial charge < -0.3 is 9.84 Å². The number of ether oxygens (including phenoxy) is 1. The van der Waals surface area contributed by atoms with Crippen LogP contribution in [0.1, 0.15) is 55.4 Å². The molecule has 0 spiro atoms. The number of carboxylic acids is 1. The topological polar surface area (TPSA) is 72.3 Å². The molecule has 6 heteroatoms. The van der Waals surface area contributed by atoms with Gasteiger partial charge in [0.25, 0.3) is 0 Å². The van der Waals surface area contributed by atoms with Crippen molar-refractivity contribution in [1.29, 1.82) is 0 Å². The van der Waals surface area contributed by atoms with Gasteiger partial charge in [-0.1, -0.05) is 6.42 Å². The minimum atomic E-state index is -0.710. The number of aromatic nitrogens is 2. The Kier molecular flexibility index (Phi) is 4.39. The Bertz CT molecular complexity index is 752. The van der Waals surface area contributed by atoms with E-state index in [-0.39, 0.29) is 18.4 Å². The zero-order valence-corrected chi connectivity index (χ0v) is 14.5. The molecule has 128 valence electrons. The van der Waals surface area contributed by atoms with Gasteiger partial charge in [-0.3, -0.25) is 4.79 Å². The smallest absolute Gasteiger partial charge is 0.303 e. The van der Waals surface area contributed by atoms with Gasteiger partial charge in [-0.25, -0.2) is 9.97 Å². The third kappa shape index (κ3) is 3.11. The molecule has 2 heterocycles. The van der Waals surface area contributed by atoms with E-state index in [0.717, 1.165) is 42.3 Å². The van der Waals surface area contributed by atoms with Gasteiger partial charge in [0.1, 0.15) is 17.3 Å². The Hall–Kier alpha value is -1.69.